The monoisotopic (exact) mass is 245 g/mol. The van der Waals surface area contributed by atoms with E-state index in [9.17, 15) is 9.70 Å². The van der Waals surface area contributed by atoms with Crippen molar-refractivity contribution in [2.24, 2.45) is 11.1 Å². The van der Waals surface area contributed by atoms with E-state index in [1.807, 2.05) is 19.9 Å². The van der Waals surface area contributed by atoms with Crippen LogP contribution in [-0.2, 0) is 4.84 Å². The van der Waals surface area contributed by atoms with Crippen molar-refractivity contribution in [2.75, 3.05) is 0 Å². The van der Waals surface area contributed by atoms with Crippen molar-refractivity contribution >= 4 is 22.7 Å². The number of nitrogens with two attached hydrogens (primary N) is 1. The molecule has 0 radical (unpaired) electrons. The number of aromatic nitrogens is 1. The minimum Gasteiger partial charge on any atom is -0.370 e. The van der Waals surface area contributed by atoms with E-state index in [0.717, 1.165) is 11.1 Å². The Balaban J connectivity index is 2.89. The maximum atomic E-state index is 11.6. The van der Waals surface area contributed by atoms with Crippen molar-refractivity contribution in [3.8, 4) is 0 Å². The molecule has 0 aliphatic heterocycles. The molecule has 92 valence electrons. The van der Waals surface area contributed by atoms with Gasteiger partial charge < -0.3 is 4.84 Å². The van der Waals surface area contributed by atoms with Gasteiger partial charge in [0.25, 0.3) is 0 Å². The summed E-state index contributed by atoms with van der Waals surface area (Å²) in [5.74, 6) is 4.09. The second kappa shape index (κ2) is 4.50. The minimum atomic E-state index is -0.723. The first-order chi connectivity index (χ1) is 8.56. The molecule has 0 amide bonds. The standard InChI is InChI=1S/C12H11N3O3/c1-6-3-7(2)11-8(12(16)18-13)5-10(15-17)14-9(11)4-6/h3-5H,13H2,1-2H3. The van der Waals surface area contributed by atoms with E-state index in [2.05, 4.69) is 15.0 Å². The van der Waals surface area contributed by atoms with E-state index in [1.54, 1.807) is 6.07 Å². The zero-order chi connectivity index (χ0) is 13.3. The number of aryl methyl sites for hydroxylation is 2. The Kier molecular flexibility index (Phi) is 3.03. The van der Waals surface area contributed by atoms with Gasteiger partial charge in [-0.2, -0.15) is 5.90 Å². The van der Waals surface area contributed by atoms with E-state index in [1.165, 1.54) is 6.07 Å². The molecule has 0 aliphatic carbocycles. The third-order valence-electron chi connectivity index (χ3n) is 2.66. The molecule has 2 rings (SSSR count). The molecule has 1 heterocycles. The average molecular weight is 245 g/mol. The first kappa shape index (κ1) is 12.1. The van der Waals surface area contributed by atoms with Crippen LogP contribution in [0, 0.1) is 18.8 Å². The van der Waals surface area contributed by atoms with Gasteiger partial charge in [0.15, 0.2) is 5.82 Å². The summed E-state index contributed by atoms with van der Waals surface area (Å²) in [4.78, 5) is 30.5. The zero-order valence-electron chi connectivity index (χ0n) is 9.93. The van der Waals surface area contributed by atoms with Crippen LogP contribution in [0.1, 0.15) is 21.5 Å². The van der Waals surface area contributed by atoms with E-state index >= 15 is 0 Å². The molecular formula is C12H11N3O3. The van der Waals surface area contributed by atoms with Crippen molar-refractivity contribution in [3.05, 3.63) is 39.8 Å². The van der Waals surface area contributed by atoms with Gasteiger partial charge in [-0.3, -0.25) is 0 Å². The van der Waals surface area contributed by atoms with Crippen molar-refractivity contribution in [2.45, 2.75) is 13.8 Å². The summed E-state index contributed by atoms with van der Waals surface area (Å²) < 4.78 is 0. The second-order valence-electron chi connectivity index (χ2n) is 4.00. The summed E-state index contributed by atoms with van der Waals surface area (Å²) in [6, 6.07) is 4.95. The molecule has 18 heavy (non-hydrogen) atoms. The summed E-state index contributed by atoms with van der Waals surface area (Å²) in [6.45, 7) is 3.74. The van der Waals surface area contributed by atoms with Crippen LogP contribution in [0.5, 0.6) is 0 Å². The maximum Gasteiger partial charge on any atom is 0.357 e. The smallest absolute Gasteiger partial charge is 0.357 e. The number of fused-ring (bicyclic) bond motifs is 1. The Morgan fingerprint density at radius 3 is 2.67 bits per heavy atom. The molecular weight excluding hydrogens is 234 g/mol. The minimum absolute atomic E-state index is 0.0760. The molecule has 1 aromatic heterocycles. The molecule has 6 nitrogen and oxygen atoms in total. The van der Waals surface area contributed by atoms with Crippen LogP contribution in [0.4, 0.5) is 5.82 Å². The van der Waals surface area contributed by atoms with Gasteiger partial charge in [0.05, 0.1) is 11.1 Å². The van der Waals surface area contributed by atoms with Crippen LogP contribution in [0.15, 0.2) is 23.4 Å². The van der Waals surface area contributed by atoms with Gasteiger partial charge in [-0.05, 0) is 36.2 Å². The average Bonchev–Trinajstić information content (AvgIpc) is 2.35. The van der Waals surface area contributed by atoms with Crippen LogP contribution in [0.3, 0.4) is 0 Å². The number of carbonyl (C=O) groups excluding carboxylic acids is 1. The SMILES string of the molecule is Cc1cc(C)c2c(C(=O)ON)cc(N=O)nc2c1. The molecule has 0 bridgehead atoms. The molecule has 0 atom stereocenters. The lowest BCUT2D eigenvalue weighted by Crippen LogP contribution is -2.11. The Bertz CT molecular complexity index is 653. The quantitative estimate of drug-likeness (QED) is 0.646. The van der Waals surface area contributed by atoms with Crippen LogP contribution in [0.25, 0.3) is 10.9 Å². The lowest BCUT2D eigenvalue weighted by molar-refractivity contribution is 0.0505. The van der Waals surface area contributed by atoms with Crippen molar-refractivity contribution in [1.29, 1.82) is 0 Å². The fraction of sp³-hybridized carbons (Fsp3) is 0.167. The van der Waals surface area contributed by atoms with E-state index < -0.39 is 5.97 Å². The van der Waals surface area contributed by atoms with Crippen molar-refractivity contribution in [1.82, 2.24) is 4.98 Å². The fourth-order valence-corrected chi connectivity index (χ4v) is 2.01. The number of hydrogen-bond donors (Lipinski definition) is 1. The molecule has 0 saturated carbocycles. The van der Waals surface area contributed by atoms with E-state index in [-0.39, 0.29) is 11.4 Å². The topological polar surface area (TPSA) is 94.6 Å². The number of pyridine rings is 1. The Labute approximate surface area is 103 Å². The first-order valence-electron chi connectivity index (χ1n) is 5.23. The van der Waals surface area contributed by atoms with Crippen molar-refractivity contribution in [3.63, 3.8) is 0 Å². The number of nitroso groups, excluding NO2 is 1. The van der Waals surface area contributed by atoms with Crippen LogP contribution >= 0.6 is 0 Å². The summed E-state index contributed by atoms with van der Waals surface area (Å²) in [5, 5.41) is 3.36. The predicted molar refractivity (Wildman–Crippen MR) is 66.3 cm³/mol. The number of carbonyl (C=O) groups is 1. The predicted octanol–water partition coefficient (Wildman–Crippen LogP) is 2.28. The van der Waals surface area contributed by atoms with Gasteiger partial charge in [-0.25, -0.2) is 9.78 Å². The van der Waals surface area contributed by atoms with Gasteiger partial charge in [0.1, 0.15) is 0 Å². The highest BCUT2D eigenvalue weighted by Gasteiger charge is 2.16. The van der Waals surface area contributed by atoms with Crippen LogP contribution in [-0.4, -0.2) is 11.0 Å². The summed E-state index contributed by atoms with van der Waals surface area (Å²) >= 11 is 0. The Hall–Kier alpha value is -2.34. The molecule has 0 aliphatic rings. The highest BCUT2D eigenvalue weighted by molar-refractivity contribution is 6.05. The molecule has 0 spiro atoms. The molecule has 6 heteroatoms. The van der Waals surface area contributed by atoms with Gasteiger partial charge in [-0.15, -0.1) is 4.91 Å². The molecule has 0 saturated heterocycles. The highest BCUT2D eigenvalue weighted by Crippen LogP contribution is 2.27. The highest BCUT2D eigenvalue weighted by atomic mass is 16.7. The lowest BCUT2D eigenvalue weighted by atomic mass is 10.0. The van der Waals surface area contributed by atoms with Crippen molar-refractivity contribution < 1.29 is 9.63 Å². The molecule has 2 N–H and O–H groups in total. The van der Waals surface area contributed by atoms with Crippen LogP contribution in [0.2, 0.25) is 0 Å². The molecule has 0 unspecified atom stereocenters. The Morgan fingerprint density at radius 1 is 1.33 bits per heavy atom. The lowest BCUT2D eigenvalue weighted by Gasteiger charge is -2.08. The van der Waals surface area contributed by atoms with Gasteiger partial charge in [0, 0.05) is 11.5 Å². The number of hydrogen-bond acceptors (Lipinski definition) is 6. The number of nitrogens with zero attached hydrogens (tertiary/aromatic N) is 2. The summed E-state index contributed by atoms with van der Waals surface area (Å²) in [7, 11) is 0. The van der Waals surface area contributed by atoms with Gasteiger partial charge in [-0.1, -0.05) is 6.07 Å². The molecule has 2 aromatic rings. The normalized spacial score (nSPS) is 10.4. The van der Waals surface area contributed by atoms with E-state index in [0.29, 0.717) is 10.9 Å². The van der Waals surface area contributed by atoms with Gasteiger partial charge in [0.2, 0.25) is 0 Å². The number of rotatable bonds is 2. The third kappa shape index (κ3) is 1.93. The largest absolute Gasteiger partial charge is 0.370 e. The summed E-state index contributed by atoms with van der Waals surface area (Å²) in [5.41, 5.74) is 2.54. The first-order valence-corrected chi connectivity index (χ1v) is 5.23. The summed E-state index contributed by atoms with van der Waals surface area (Å²) in [6.07, 6.45) is 0. The van der Waals surface area contributed by atoms with Crippen LogP contribution < -0.4 is 5.90 Å². The maximum absolute atomic E-state index is 11.6. The molecule has 1 aromatic carbocycles. The third-order valence-corrected chi connectivity index (χ3v) is 2.66. The van der Waals surface area contributed by atoms with E-state index in [4.69, 9.17) is 5.90 Å². The second-order valence-corrected chi connectivity index (χ2v) is 4.00. The molecule has 0 fully saturated rings. The zero-order valence-corrected chi connectivity index (χ0v) is 9.93. The van der Waals surface area contributed by atoms with Gasteiger partial charge >= 0.3 is 5.97 Å². The number of benzene rings is 1. The fourth-order valence-electron chi connectivity index (χ4n) is 2.01. The Morgan fingerprint density at radius 2 is 2.06 bits per heavy atom.